The van der Waals surface area contributed by atoms with Gasteiger partial charge in [0.2, 0.25) is 0 Å². The quantitative estimate of drug-likeness (QED) is 0.595. The molecule has 7 nitrogen and oxygen atoms in total. The number of ether oxygens (including phenoxy) is 3. The second-order valence-electron chi connectivity index (χ2n) is 6.06. The van der Waals surface area contributed by atoms with Crippen molar-refractivity contribution in [3.63, 3.8) is 0 Å². The van der Waals surface area contributed by atoms with E-state index in [0.717, 1.165) is 11.1 Å². The number of esters is 2. The lowest BCUT2D eigenvalue weighted by atomic mass is 10.1. The topological polar surface area (TPSA) is 82.1 Å². The van der Waals surface area contributed by atoms with Crippen LogP contribution in [0.15, 0.2) is 54.6 Å². The molecule has 0 N–H and O–H groups in total. The van der Waals surface area contributed by atoms with Crippen LogP contribution in [-0.2, 0) is 32.1 Å². The Bertz CT molecular complexity index is 818. The summed E-state index contributed by atoms with van der Waals surface area (Å²) in [6.45, 7) is 1.30. The summed E-state index contributed by atoms with van der Waals surface area (Å²) in [6, 6.07) is 15.3. The summed E-state index contributed by atoms with van der Waals surface area (Å²) in [5.74, 6) is -0.468. The molecule has 1 aliphatic rings. The summed E-state index contributed by atoms with van der Waals surface area (Å²) in [5, 5.41) is 0. The number of amides is 1. The average molecular weight is 369 g/mol. The van der Waals surface area contributed by atoms with Gasteiger partial charge in [-0.2, -0.15) is 0 Å². The molecular weight excluding hydrogens is 350 g/mol. The molecule has 3 rings (SSSR count). The summed E-state index contributed by atoms with van der Waals surface area (Å²) in [5.41, 5.74) is 1.66. The second kappa shape index (κ2) is 8.35. The van der Waals surface area contributed by atoms with Gasteiger partial charge in [0.15, 0.2) is 6.73 Å². The number of benzene rings is 2. The first-order valence-electron chi connectivity index (χ1n) is 8.44. The molecule has 27 heavy (non-hydrogen) atoms. The highest BCUT2D eigenvalue weighted by molar-refractivity contribution is 5.84. The highest BCUT2D eigenvalue weighted by atomic mass is 16.6. The first-order chi connectivity index (χ1) is 13.0. The second-order valence-corrected chi connectivity index (χ2v) is 6.06. The van der Waals surface area contributed by atoms with Crippen LogP contribution in [0.1, 0.15) is 18.1 Å². The van der Waals surface area contributed by atoms with E-state index in [1.165, 1.54) is 11.8 Å². The van der Waals surface area contributed by atoms with Crippen molar-refractivity contribution >= 4 is 18.0 Å². The molecule has 140 valence electrons. The minimum atomic E-state index is -0.757. The molecular formula is C20H19NO6. The maximum atomic E-state index is 12.4. The van der Waals surface area contributed by atoms with Gasteiger partial charge < -0.3 is 14.2 Å². The van der Waals surface area contributed by atoms with Gasteiger partial charge in [-0.25, -0.2) is 9.59 Å². The Morgan fingerprint density at radius 3 is 2.44 bits per heavy atom. The zero-order valence-corrected chi connectivity index (χ0v) is 14.8. The van der Waals surface area contributed by atoms with Crippen LogP contribution < -0.4 is 4.74 Å². The summed E-state index contributed by atoms with van der Waals surface area (Å²) >= 11 is 0. The van der Waals surface area contributed by atoms with Crippen molar-refractivity contribution < 1.29 is 28.6 Å². The molecule has 0 saturated carbocycles. The molecule has 0 radical (unpaired) electrons. The average Bonchev–Trinajstić information content (AvgIpc) is 3.02. The van der Waals surface area contributed by atoms with Gasteiger partial charge in [0.25, 0.3) is 0 Å². The maximum absolute atomic E-state index is 12.4. The number of hydrogen-bond donors (Lipinski definition) is 0. The van der Waals surface area contributed by atoms with Gasteiger partial charge in [-0.3, -0.25) is 9.69 Å². The fourth-order valence-electron chi connectivity index (χ4n) is 2.71. The lowest BCUT2D eigenvalue weighted by Gasteiger charge is -2.20. The van der Waals surface area contributed by atoms with Crippen molar-refractivity contribution in [3.8, 4) is 5.75 Å². The van der Waals surface area contributed by atoms with E-state index in [1.54, 1.807) is 24.3 Å². The zero-order chi connectivity index (χ0) is 19.2. The molecule has 1 atom stereocenters. The van der Waals surface area contributed by atoms with Gasteiger partial charge in [-0.1, -0.05) is 42.5 Å². The predicted octanol–water partition coefficient (Wildman–Crippen LogP) is 2.68. The van der Waals surface area contributed by atoms with E-state index in [0.29, 0.717) is 5.75 Å². The molecule has 0 aliphatic carbocycles. The lowest BCUT2D eigenvalue weighted by molar-refractivity contribution is -0.139. The standard InChI is InChI=1S/C20H19NO6/c1-14(22)27-17-9-7-15(8-10-17)11-18-19(23)26-13-21(18)20(24)25-12-16-5-3-2-4-6-16/h2-10,18H,11-13H2,1H3/t18-/m0/s1. The smallest absolute Gasteiger partial charge is 0.413 e. The summed E-state index contributed by atoms with van der Waals surface area (Å²) in [7, 11) is 0. The normalized spacial score (nSPS) is 16.0. The van der Waals surface area contributed by atoms with E-state index < -0.39 is 24.1 Å². The van der Waals surface area contributed by atoms with Gasteiger partial charge in [0.1, 0.15) is 18.4 Å². The number of hydrogen-bond acceptors (Lipinski definition) is 6. The van der Waals surface area contributed by atoms with E-state index in [9.17, 15) is 14.4 Å². The van der Waals surface area contributed by atoms with Crippen LogP contribution in [0.25, 0.3) is 0 Å². The summed E-state index contributed by atoms with van der Waals surface area (Å²) in [6.07, 6.45) is -0.328. The number of cyclic esters (lactones) is 1. The molecule has 2 aromatic carbocycles. The van der Waals surface area contributed by atoms with Crippen LogP contribution in [0.2, 0.25) is 0 Å². The van der Waals surface area contributed by atoms with E-state index in [2.05, 4.69) is 0 Å². The molecule has 1 aliphatic heterocycles. The molecule has 0 bridgehead atoms. The molecule has 1 heterocycles. The molecule has 2 aromatic rings. The number of rotatable bonds is 5. The van der Waals surface area contributed by atoms with Gasteiger partial charge in [-0.05, 0) is 23.3 Å². The first kappa shape index (κ1) is 18.4. The largest absolute Gasteiger partial charge is 0.444 e. The summed E-state index contributed by atoms with van der Waals surface area (Å²) in [4.78, 5) is 36.6. The first-order valence-corrected chi connectivity index (χ1v) is 8.44. The SMILES string of the molecule is CC(=O)Oc1ccc(C[C@H]2C(=O)OCN2C(=O)OCc2ccccc2)cc1. The van der Waals surface area contributed by atoms with E-state index >= 15 is 0 Å². The van der Waals surface area contributed by atoms with Gasteiger partial charge in [-0.15, -0.1) is 0 Å². The molecule has 1 saturated heterocycles. The van der Waals surface area contributed by atoms with Crippen molar-refractivity contribution in [1.29, 1.82) is 0 Å². The third-order valence-electron chi connectivity index (χ3n) is 4.05. The molecule has 0 spiro atoms. The molecule has 1 fully saturated rings. The monoisotopic (exact) mass is 369 g/mol. The fourth-order valence-corrected chi connectivity index (χ4v) is 2.71. The Hall–Kier alpha value is -3.35. The molecule has 1 amide bonds. The van der Waals surface area contributed by atoms with Gasteiger partial charge >= 0.3 is 18.0 Å². The Labute approximate surface area is 156 Å². The van der Waals surface area contributed by atoms with Crippen molar-refractivity contribution in [3.05, 3.63) is 65.7 Å². The minimum Gasteiger partial charge on any atom is -0.444 e. The Morgan fingerprint density at radius 1 is 1.07 bits per heavy atom. The maximum Gasteiger partial charge on any atom is 0.413 e. The van der Waals surface area contributed by atoms with Crippen LogP contribution >= 0.6 is 0 Å². The van der Waals surface area contributed by atoms with Crippen molar-refractivity contribution in [2.24, 2.45) is 0 Å². The highest BCUT2D eigenvalue weighted by Gasteiger charge is 2.38. The number of nitrogens with zero attached hydrogens (tertiary/aromatic N) is 1. The van der Waals surface area contributed by atoms with Crippen LogP contribution in [0, 0.1) is 0 Å². The molecule has 0 aromatic heterocycles. The van der Waals surface area contributed by atoms with E-state index in [1.807, 2.05) is 30.3 Å². The van der Waals surface area contributed by atoms with Crippen molar-refractivity contribution in [2.75, 3.05) is 6.73 Å². The predicted molar refractivity (Wildman–Crippen MR) is 94.7 cm³/mol. The van der Waals surface area contributed by atoms with Crippen LogP contribution in [0.3, 0.4) is 0 Å². The van der Waals surface area contributed by atoms with E-state index in [-0.39, 0.29) is 19.8 Å². The molecule has 7 heteroatoms. The Balaban J connectivity index is 1.61. The van der Waals surface area contributed by atoms with Crippen molar-refractivity contribution in [1.82, 2.24) is 4.90 Å². The van der Waals surface area contributed by atoms with Crippen LogP contribution in [0.5, 0.6) is 5.75 Å². The fraction of sp³-hybridized carbons (Fsp3) is 0.250. The molecule has 0 unspecified atom stereocenters. The van der Waals surface area contributed by atoms with Crippen molar-refractivity contribution in [2.45, 2.75) is 26.0 Å². The third-order valence-corrected chi connectivity index (χ3v) is 4.05. The van der Waals surface area contributed by atoms with Gasteiger partial charge in [0.05, 0.1) is 0 Å². The van der Waals surface area contributed by atoms with Crippen LogP contribution in [-0.4, -0.2) is 35.7 Å². The van der Waals surface area contributed by atoms with Gasteiger partial charge in [0, 0.05) is 13.3 Å². The number of carbonyl (C=O) groups excluding carboxylic acids is 3. The highest BCUT2D eigenvalue weighted by Crippen LogP contribution is 2.20. The lowest BCUT2D eigenvalue weighted by Crippen LogP contribution is -2.39. The van der Waals surface area contributed by atoms with Crippen LogP contribution in [0.4, 0.5) is 4.79 Å². The summed E-state index contributed by atoms with van der Waals surface area (Å²) < 4.78 is 15.3. The number of carbonyl (C=O) groups is 3. The Kier molecular flexibility index (Phi) is 5.71. The zero-order valence-electron chi connectivity index (χ0n) is 14.8. The third kappa shape index (κ3) is 4.84. The van der Waals surface area contributed by atoms with E-state index in [4.69, 9.17) is 14.2 Å². The Morgan fingerprint density at radius 2 is 1.78 bits per heavy atom. The minimum absolute atomic E-state index is 0.119.